The number of nitrogens with two attached hydrogens (primary N) is 1. The standard InChI is InChI=1S/C15H30N2/c1-12(13-7-3-4-8-13)17(2)15-10-6-5-9-14(15)11-16/h12-15H,3-11,16H2,1-2H3. The highest BCUT2D eigenvalue weighted by Crippen LogP contribution is 2.34. The molecule has 0 aliphatic heterocycles. The Labute approximate surface area is 107 Å². The van der Waals surface area contributed by atoms with E-state index in [0.717, 1.165) is 30.5 Å². The van der Waals surface area contributed by atoms with Crippen molar-refractivity contribution in [1.29, 1.82) is 0 Å². The Morgan fingerprint density at radius 1 is 1.06 bits per heavy atom. The first kappa shape index (κ1) is 13.4. The van der Waals surface area contributed by atoms with Gasteiger partial charge in [0.15, 0.2) is 0 Å². The third-order valence-corrected chi connectivity index (χ3v) is 5.42. The van der Waals surface area contributed by atoms with E-state index in [1.807, 2.05) is 0 Å². The third kappa shape index (κ3) is 3.03. The Balaban J connectivity index is 1.93. The van der Waals surface area contributed by atoms with Crippen LogP contribution in [0.1, 0.15) is 58.3 Å². The molecule has 17 heavy (non-hydrogen) atoms. The van der Waals surface area contributed by atoms with Gasteiger partial charge in [0, 0.05) is 12.1 Å². The number of rotatable bonds is 4. The maximum Gasteiger partial charge on any atom is 0.0135 e. The summed E-state index contributed by atoms with van der Waals surface area (Å²) in [7, 11) is 2.35. The summed E-state index contributed by atoms with van der Waals surface area (Å²) in [5.74, 6) is 1.69. The lowest BCUT2D eigenvalue weighted by Crippen LogP contribution is -2.48. The van der Waals surface area contributed by atoms with Crippen molar-refractivity contribution in [2.45, 2.75) is 70.4 Å². The topological polar surface area (TPSA) is 29.3 Å². The smallest absolute Gasteiger partial charge is 0.0135 e. The highest BCUT2D eigenvalue weighted by Gasteiger charge is 2.33. The monoisotopic (exact) mass is 238 g/mol. The molecule has 2 N–H and O–H groups in total. The second-order valence-corrected chi connectivity index (χ2v) is 6.30. The van der Waals surface area contributed by atoms with Crippen LogP contribution in [0.3, 0.4) is 0 Å². The Morgan fingerprint density at radius 2 is 1.65 bits per heavy atom. The van der Waals surface area contributed by atoms with Crippen LogP contribution in [0, 0.1) is 11.8 Å². The molecule has 2 aliphatic carbocycles. The van der Waals surface area contributed by atoms with Gasteiger partial charge in [-0.25, -0.2) is 0 Å². The van der Waals surface area contributed by atoms with Crippen molar-refractivity contribution in [3.8, 4) is 0 Å². The van der Waals surface area contributed by atoms with Gasteiger partial charge in [-0.3, -0.25) is 0 Å². The lowest BCUT2D eigenvalue weighted by atomic mass is 9.82. The summed E-state index contributed by atoms with van der Waals surface area (Å²) in [4.78, 5) is 2.67. The average molecular weight is 238 g/mol. The minimum atomic E-state index is 0.748. The van der Waals surface area contributed by atoms with Gasteiger partial charge >= 0.3 is 0 Å². The van der Waals surface area contributed by atoms with E-state index in [-0.39, 0.29) is 0 Å². The molecule has 0 heterocycles. The highest BCUT2D eigenvalue weighted by atomic mass is 15.2. The van der Waals surface area contributed by atoms with Crippen LogP contribution in [0.4, 0.5) is 0 Å². The van der Waals surface area contributed by atoms with Gasteiger partial charge in [0.1, 0.15) is 0 Å². The highest BCUT2D eigenvalue weighted by molar-refractivity contribution is 4.87. The zero-order chi connectivity index (χ0) is 12.3. The summed E-state index contributed by atoms with van der Waals surface area (Å²) in [6.07, 6.45) is 11.3. The van der Waals surface area contributed by atoms with Crippen molar-refractivity contribution in [1.82, 2.24) is 4.90 Å². The Kier molecular flexibility index (Phi) is 4.87. The van der Waals surface area contributed by atoms with E-state index < -0.39 is 0 Å². The van der Waals surface area contributed by atoms with Crippen LogP contribution in [0.2, 0.25) is 0 Å². The molecule has 0 radical (unpaired) electrons. The molecular weight excluding hydrogens is 208 g/mol. The first-order chi connectivity index (χ1) is 8.24. The average Bonchev–Trinajstić information content (AvgIpc) is 2.90. The predicted octanol–water partition coefficient (Wildman–Crippen LogP) is 3.01. The Morgan fingerprint density at radius 3 is 2.29 bits per heavy atom. The molecule has 3 atom stereocenters. The van der Waals surface area contributed by atoms with Crippen molar-refractivity contribution in [3.63, 3.8) is 0 Å². The van der Waals surface area contributed by atoms with Crippen LogP contribution in [-0.2, 0) is 0 Å². The van der Waals surface area contributed by atoms with E-state index in [1.165, 1.54) is 51.4 Å². The van der Waals surface area contributed by atoms with E-state index in [2.05, 4.69) is 18.9 Å². The van der Waals surface area contributed by atoms with Crippen LogP contribution in [0.5, 0.6) is 0 Å². The molecule has 100 valence electrons. The van der Waals surface area contributed by atoms with E-state index in [0.29, 0.717) is 0 Å². The largest absolute Gasteiger partial charge is 0.330 e. The first-order valence-corrected chi connectivity index (χ1v) is 7.66. The Hall–Kier alpha value is -0.0800. The lowest BCUT2D eigenvalue weighted by molar-refractivity contribution is 0.0729. The minimum Gasteiger partial charge on any atom is -0.330 e. The summed E-state index contributed by atoms with van der Waals surface area (Å²) in [6.45, 7) is 3.32. The fourth-order valence-corrected chi connectivity index (χ4v) is 4.07. The maximum absolute atomic E-state index is 5.96. The molecule has 0 aromatic heterocycles. The summed E-state index contributed by atoms with van der Waals surface area (Å²) >= 11 is 0. The van der Waals surface area contributed by atoms with Crippen molar-refractivity contribution < 1.29 is 0 Å². The van der Waals surface area contributed by atoms with Crippen LogP contribution < -0.4 is 5.73 Å². The molecule has 3 unspecified atom stereocenters. The minimum absolute atomic E-state index is 0.748. The molecule has 0 saturated heterocycles. The van der Waals surface area contributed by atoms with Gasteiger partial charge in [0.25, 0.3) is 0 Å². The van der Waals surface area contributed by atoms with Gasteiger partial charge in [-0.1, -0.05) is 25.7 Å². The molecule has 2 fully saturated rings. The number of hydrogen-bond acceptors (Lipinski definition) is 2. The molecule has 0 aromatic carbocycles. The van der Waals surface area contributed by atoms with Gasteiger partial charge in [-0.15, -0.1) is 0 Å². The van der Waals surface area contributed by atoms with E-state index in [9.17, 15) is 0 Å². The lowest BCUT2D eigenvalue weighted by Gasteiger charge is -2.42. The summed E-state index contributed by atoms with van der Waals surface area (Å²) in [5.41, 5.74) is 5.96. The van der Waals surface area contributed by atoms with Gasteiger partial charge in [0.2, 0.25) is 0 Å². The zero-order valence-electron chi connectivity index (χ0n) is 11.7. The molecule has 2 saturated carbocycles. The molecule has 2 aliphatic rings. The zero-order valence-corrected chi connectivity index (χ0v) is 11.7. The molecule has 2 nitrogen and oxygen atoms in total. The van der Waals surface area contributed by atoms with Crippen molar-refractivity contribution in [2.75, 3.05) is 13.6 Å². The molecule has 0 bridgehead atoms. The fourth-order valence-electron chi connectivity index (χ4n) is 4.07. The third-order valence-electron chi connectivity index (χ3n) is 5.42. The molecule has 0 aromatic rings. The fraction of sp³-hybridized carbons (Fsp3) is 1.00. The molecule has 2 rings (SSSR count). The van der Waals surface area contributed by atoms with E-state index >= 15 is 0 Å². The number of nitrogens with zero attached hydrogens (tertiary/aromatic N) is 1. The van der Waals surface area contributed by atoms with Crippen LogP contribution in [0.15, 0.2) is 0 Å². The normalized spacial score (nSPS) is 33.2. The van der Waals surface area contributed by atoms with E-state index in [4.69, 9.17) is 5.73 Å². The van der Waals surface area contributed by atoms with Gasteiger partial charge in [-0.2, -0.15) is 0 Å². The number of hydrogen-bond donors (Lipinski definition) is 1. The molecular formula is C15H30N2. The Bertz CT molecular complexity index is 223. The van der Waals surface area contributed by atoms with Crippen molar-refractivity contribution in [3.05, 3.63) is 0 Å². The predicted molar refractivity (Wildman–Crippen MR) is 74.0 cm³/mol. The van der Waals surface area contributed by atoms with Gasteiger partial charge in [0.05, 0.1) is 0 Å². The quantitative estimate of drug-likeness (QED) is 0.816. The summed E-state index contributed by atoms with van der Waals surface area (Å²) in [5, 5.41) is 0. The van der Waals surface area contributed by atoms with E-state index in [1.54, 1.807) is 0 Å². The second kappa shape index (κ2) is 6.19. The van der Waals surface area contributed by atoms with Crippen LogP contribution in [0.25, 0.3) is 0 Å². The summed E-state index contributed by atoms with van der Waals surface area (Å²) in [6, 6.07) is 1.51. The molecule has 0 amide bonds. The second-order valence-electron chi connectivity index (χ2n) is 6.30. The van der Waals surface area contributed by atoms with Crippen molar-refractivity contribution >= 4 is 0 Å². The van der Waals surface area contributed by atoms with Crippen LogP contribution in [-0.4, -0.2) is 30.6 Å². The molecule has 0 spiro atoms. The molecule has 2 heteroatoms. The van der Waals surface area contributed by atoms with Crippen molar-refractivity contribution in [2.24, 2.45) is 17.6 Å². The van der Waals surface area contributed by atoms with Gasteiger partial charge < -0.3 is 10.6 Å². The van der Waals surface area contributed by atoms with Gasteiger partial charge in [-0.05, 0) is 58.0 Å². The first-order valence-electron chi connectivity index (χ1n) is 7.66. The summed E-state index contributed by atoms with van der Waals surface area (Å²) < 4.78 is 0. The SMILES string of the molecule is CC(C1CCCC1)N(C)C1CCCCC1CN. The maximum atomic E-state index is 5.96. The van der Waals surface area contributed by atoms with Crippen LogP contribution >= 0.6 is 0 Å².